The highest BCUT2D eigenvalue weighted by atomic mass is 16.4. The van der Waals surface area contributed by atoms with Crippen molar-refractivity contribution in [3.63, 3.8) is 0 Å². The zero-order chi connectivity index (χ0) is 18.0. The predicted molar refractivity (Wildman–Crippen MR) is 89.2 cm³/mol. The van der Waals surface area contributed by atoms with E-state index in [0.29, 0.717) is 30.2 Å². The van der Waals surface area contributed by atoms with Crippen molar-refractivity contribution in [1.82, 2.24) is 24.9 Å². The molecule has 0 aliphatic carbocycles. The highest BCUT2D eigenvalue weighted by Crippen LogP contribution is 2.34. The Morgan fingerprint density at radius 2 is 2.20 bits per heavy atom. The summed E-state index contributed by atoms with van der Waals surface area (Å²) in [6, 6.07) is 3.42. The van der Waals surface area contributed by atoms with Crippen LogP contribution in [-0.4, -0.2) is 62.0 Å². The molecule has 1 saturated heterocycles. The normalized spacial score (nSPS) is 19.8. The molecular weight excluding hydrogens is 324 g/mol. The first-order valence-corrected chi connectivity index (χ1v) is 7.99. The summed E-state index contributed by atoms with van der Waals surface area (Å²) in [6.45, 7) is 0.776. The van der Waals surface area contributed by atoms with Crippen molar-refractivity contribution in [3.05, 3.63) is 35.8 Å². The zero-order valence-electron chi connectivity index (χ0n) is 14.1. The summed E-state index contributed by atoms with van der Waals surface area (Å²) in [6.07, 6.45) is 3.37. The number of carboxylic acids is 1. The van der Waals surface area contributed by atoms with Gasteiger partial charge < -0.3 is 15.3 Å². The number of carbonyl (C=O) groups excluding carboxylic acids is 1. The van der Waals surface area contributed by atoms with Crippen LogP contribution in [0.1, 0.15) is 28.4 Å². The second kappa shape index (κ2) is 6.88. The number of carbonyl (C=O) groups is 2. The van der Waals surface area contributed by atoms with Crippen LogP contribution in [0.4, 0.5) is 5.82 Å². The first-order valence-electron chi connectivity index (χ1n) is 7.99. The molecule has 3 rings (SSSR count). The lowest BCUT2D eigenvalue weighted by Gasteiger charge is -2.17. The van der Waals surface area contributed by atoms with Gasteiger partial charge in [-0.15, -0.1) is 5.10 Å². The Labute approximate surface area is 144 Å². The summed E-state index contributed by atoms with van der Waals surface area (Å²) < 4.78 is 1.58. The van der Waals surface area contributed by atoms with Crippen LogP contribution in [-0.2, 0) is 11.8 Å². The summed E-state index contributed by atoms with van der Waals surface area (Å²) in [4.78, 5) is 29.9. The minimum Gasteiger partial charge on any atom is -0.481 e. The second-order valence-electron chi connectivity index (χ2n) is 6.14. The van der Waals surface area contributed by atoms with E-state index in [9.17, 15) is 14.7 Å². The number of rotatable bonds is 5. The number of aliphatic carboxylic acids is 1. The first-order chi connectivity index (χ1) is 12.0. The van der Waals surface area contributed by atoms with Crippen molar-refractivity contribution in [1.29, 1.82) is 0 Å². The summed E-state index contributed by atoms with van der Waals surface area (Å²) in [5.41, 5.74) is 1.18. The Hall–Kier alpha value is -2.97. The summed E-state index contributed by atoms with van der Waals surface area (Å²) in [5.74, 6) is -0.897. The molecule has 0 radical (unpaired) electrons. The molecule has 0 aromatic carbocycles. The van der Waals surface area contributed by atoms with E-state index in [1.165, 1.54) is 0 Å². The van der Waals surface area contributed by atoms with Gasteiger partial charge in [0.2, 0.25) is 0 Å². The summed E-state index contributed by atoms with van der Waals surface area (Å²) >= 11 is 0. The lowest BCUT2D eigenvalue weighted by atomic mass is 9.91. The average molecular weight is 344 g/mol. The van der Waals surface area contributed by atoms with Gasteiger partial charge >= 0.3 is 5.97 Å². The van der Waals surface area contributed by atoms with Crippen molar-refractivity contribution in [2.24, 2.45) is 13.0 Å². The molecule has 0 spiro atoms. The number of likely N-dealkylation sites (tertiary alicyclic amines) is 1. The smallest absolute Gasteiger partial charge is 0.303 e. The minimum absolute atomic E-state index is 0.0169. The maximum absolute atomic E-state index is 12.9. The SMILES string of the molecule is CNc1ncccc1C(=O)N1C[C@H](CC(=O)O)[C@H](c2cn(C)nn2)C1. The molecule has 9 heteroatoms. The molecule has 2 aromatic rings. The van der Waals surface area contributed by atoms with Gasteiger partial charge in [-0.3, -0.25) is 14.3 Å². The lowest BCUT2D eigenvalue weighted by Crippen LogP contribution is -2.30. The number of amides is 1. The van der Waals surface area contributed by atoms with Crippen LogP contribution in [0.3, 0.4) is 0 Å². The Morgan fingerprint density at radius 1 is 1.40 bits per heavy atom. The lowest BCUT2D eigenvalue weighted by molar-refractivity contribution is -0.138. The highest BCUT2D eigenvalue weighted by Gasteiger charge is 2.39. The molecule has 3 heterocycles. The monoisotopic (exact) mass is 344 g/mol. The van der Waals surface area contributed by atoms with Crippen molar-refractivity contribution in [2.45, 2.75) is 12.3 Å². The van der Waals surface area contributed by atoms with E-state index in [4.69, 9.17) is 0 Å². The van der Waals surface area contributed by atoms with Crippen LogP contribution in [0.5, 0.6) is 0 Å². The van der Waals surface area contributed by atoms with E-state index in [-0.39, 0.29) is 24.2 Å². The predicted octanol–water partition coefficient (Wildman–Crippen LogP) is 0.582. The van der Waals surface area contributed by atoms with Gasteiger partial charge in [0, 0.05) is 45.5 Å². The Kier molecular flexibility index (Phi) is 4.64. The fourth-order valence-electron chi connectivity index (χ4n) is 3.29. The molecule has 0 unspecified atom stereocenters. The van der Waals surface area contributed by atoms with E-state index in [0.717, 1.165) is 0 Å². The fourth-order valence-corrected chi connectivity index (χ4v) is 3.29. The molecule has 1 fully saturated rings. The van der Waals surface area contributed by atoms with Gasteiger partial charge in [0.25, 0.3) is 5.91 Å². The molecule has 2 aromatic heterocycles. The molecule has 1 amide bonds. The van der Waals surface area contributed by atoms with E-state index in [1.807, 2.05) is 0 Å². The van der Waals surface area contributed by atoms with Gasteiger partial charge in [-0.05, 0) is 18.1 Å². The maximum Gasteiger partial charge on any atom is 0.303 e. The number of nitrogens with zero attached hydrogens (tertiary/aromatic N) is 5. The fraction of sp³-hybridized carbons (Fsp3) is 0.438. The summed E-state index contributed by atoms with van der Waals surface area (Å²) in [7, 11) is 3.47. The number of aryl methyl sites for hydroxylation is 1. The molecule has 2 N–H and O–H groups in total. The van der Waals surface area contributed by atoms with Crippen LogP contribution in [0.25, 0.3) is 0 Å². The topological polar surface area (TPSA) is 113 Å². The van der Waals surface area contributed by atoms with Gasteiger partial charge in [0.05, 0.1) is 17.7 Å². The van der Waals surface area contributed by atoms with Gasteiger partial charge in [-0.1, -0.05) is 5.21 Å². The molecule has 0 saturated carbocycles. The third-order valence-electron chi connectivity index (χ3n) is 4.44. The maximum atomic E-state index is 12.9. The largest absolute Gasteiger partial charge is 0.481 e. The highest BCUT2D eigenvalue weighted by molar-refractivity contribution is 5.99. The van der Waals surface area contributed by atoms with Gasteiger partial charge in [0.1, 0.15) is 5.82 Å². The first kappa shape index (κ1) is 16.9. The zero-order valence-corrected chi connectivity index (χ0v) is 14.1. The molecule has 2 atom stereocenters. The number of carboxylic acid groups (broad SMARTS) is 1. The van der Waals surface area contributed by atoms with Gasteiger partial charge in [-0.25, -0.2) is 4.98 Å². The van der Waals surface area contributed by atoms with E-state index in [1.54, 1.807) is 48.2 Å². The van der Waals surface area contributed by atoms with Crippen LogP contribution in [0.2, 0.25) is 0 Å². The number of pyridine rings is 1. The Balaban J connectivity index is 1.85. The van der Waals surface area contributed by atoms with Crippen LogP contribution in [0, 0.1) is 5.92 Å². The Bertz CT molecular complexity index is 790. The van der Waals surface area contributed by atoms with Gasteiger partial charge in [-0.2, -0.15) is 0 Å². The number of nitrogens with one attached hydrogen (secondary N) is 1. The minimum atomic E-state index is -0.884. The van der Waals surface area contributed by atoms with Crippen molar-refractivity contribution < 1.29 is 14.7 Å². The Morgan fingerprint density at radius 3 is 2.84 bits per heavy atom. The van der Waals surface area contributed by atoms with Crippen LogP contribution in [0.15, 0.2) is 24.5 Å². The van der Waals surface area contributed by atoms with E-state index in [2.05, 4.69) is 20.6 Å². The summed E-state index contributed by atoms with van der Waals surface area (Å²) in [5, 5.41) is 20.2. The van der Waals surface area contributed by atoms with Crippen molar-refractivity contribution >= 4 is 17.7 Å². The average Bonchev–Trinajstić information content (AvgIpc) is 3.20. The molecule has 0 bridgehead atoms. The number of aromatic nitrogens is 4. The van der Waals surface area contributed by atoms with E-state index < -0.39 is 5.97 Å². The van der Waals surface area contributed by atoms with Gasteiger partial charge in [0.15, 0.2) is 0 Å². The number of hydrogen-bond acceptors (Lipinski definition) is 6. The molecule has 9 nitrogen and oxygen atoms in total. The van der Waals surface area contributed by atoms with E-state index >= 15 is 0 Å². The second-order valence-corrected chi connectivity index (χ2v) is 6.14. The van der Waals surface area contributed by atoms with Crippen LogP contribution < -0.4 is 5.32 Å². The number of anilines is 1. The molecule has 1 aliphatic heterocycles. The number of hydrogen-bond donors (Lipinski definition) is 2. The molecular formula is C16H20N6O3. The molecule has 1 aliphatic rings. The molecule has 25 heavy (non-hydrogen) atoms. The van der Waals surface area contributed by atoms with Crippen molar-refractivity contribution in [3.8, 4) is 0 Å². The van der Waals surface area contributed by atoms with Crippen LogP contribution >= 0.6 is 0 Å². The third-order valence-corrected chi connectivity index (χ3v) is 4.44. The standard InChI is InChI=1S/C16H20N6O3/c1-17-15-11(4-3-5-18-15)16(25)22-7-10(6-14(23)24)12(8-22)13-9-21(2)20-19-13/h3-5,9-10,12H,6-8H2,1-2H3,(H,17,18)(H,23,24)/t10-,12+/m0/s1. The van der Waals surface area contributed by atoms with Crippen molar-refractivity contribution in [2.75, 3.05) is 25.5 Å². The third kappa shape index (κ3) is 3.44. The quantitative estimate of drug-likeness (QED) is 0.816. The molecule has 132 valence electrons.